The largest absolute Gasteiger partial charge is 0.405 e. The number of hydrogen-bond acceptors (Lipinski definition) is 2. The van der Waals surface area contributed by atoms with Crippen LogP contribution < -0.4 is 5.19 Å². The number of pyridine rings is 1. The summed E-state index contributed by atoms with van der Waals surface area (Å²) in [5, 5.41) is 4.12. The Labute approximate surface area is 198 Å². The number of rotatable bonds is 5. The zero-order valence-corrected chi connectivity index (χ0v) is 20.9. The van der Waals surface area contributed by atoms with Gasteiger partial charge in [-0.3, -0.25) is 4.98 Å². The van der Waals surface area contributed by atoms with Crippen molar-refractivity contribution in [3.8, 4) is 0 Å². The Kier molecular flexibility index (Phi) is 5.94. The fourth-order valence-electron chi connectivity index (χ4n) is 5.57. The summed E-state index contributed by atoms with van der Waals surface area (Å²) in [6, 6.07) is 31.7. The second-order valence-electron chi connectivity index (χ2n) is 10.3. The minimum absolute atomic E-state index is 0.0388. The SMILES string of the molecule is CC(C)(C)[Si]1(O[C@@H](Cc2ccccn2)c2cccc3ccccc23)CCCc2ccccc21. The van der Waals surface area contributed by atoms with Crippen LogP contribution in [0.2, 0.25) is 11.1 Å². The van der Waals surface area contributed by atoms with Crippen molar-refractivity contribution in [2.75, 3.05) is 0 Å². The van der Waals surface area contributed by atoms with Crippen LogP contribution in [0.4, 0.5) is 0 Å². The van der Waals surface area contributed by atoms with E-state index in [1.807, 2.05) is 12.3 Å². The molecule has 0 spiro atoms. The van der Waals surface area contributed by atoms with E-state index in [1.165, 1.54) is 33.5 Å². The Morgan fingerprint density at radius 1 is 0.879 bits per heavy atom. The molecule has 5 rings (SSSR count). The van der Waals surface area contributed by atoms with Crippen LogP contribution in [-0.4, -0.2) is 13.3 Å². The first-order chi connectivity index (χ1) is 16.0. The van der Waals surface area contributed by atoms with Crippen LogP contribution in [0.1, 0.15) is 50.1 Å². The molecular formula is C30H33NOSi. The van der Waals surface area contributed by atoms with Crippen molar-refractivity contribution in [1.29, 1.82) is 0 Å². The van der Waals surface area contributed by atoms with E-state index in [9.17, 15) is 0 Å². The standard InChI is InChI=1S/C30H33NOSi/c1-30(2,3)33(21-11-15-24-13-5-7-19-29(24)33)32-28(22-25-16-8-9-20-31-25)27-18-10-14-23-12-4-6-17-26(23)27/h4-10,12-14,16-20,28H,11,15,21-22H2,1-3H3/t28-,33?/m0/s1. The van der Waals surface area contributed by atoms with Gasteiger partial charge in [-0.1, -0.05) is 93.6 Å². The molecule has 168 valence electrons. The maximum Gasteiger partial charge on any atom is 0.230 e. The lowest BCUT2D eigenvalue weighted by molar-refractivity contribution is 0.183. The molecule has 0 N–H and O–H groups in total. The predicted molar refractivity (Wildman–Crippen MR) is 140 cm³/mol. The lowest BCUT2D eigenvalue weighted by Crippen LogP contribution is -2.61. The average molecular weight is 452 g/mol. The van der Waals surface area contributed by atoms with Crippen LogP contribution in [0, 0.1) is 0 Å². The van der Waals surface area contributed by atoms with Crippen LogP contribution in [0.3, 0.4) is 0 Å². The van der Waals surface area contributed by atoms with E-state index in [4.69, 9.17) is 4.43 Å². The van der Waals surface area contributed by atoms with Crippen LogP contribution in [0.5, 0.6) is 0 Å². The molecule has 0 amide bonds. The van der Waals surface area contributed by atoms with Gasteiger partial charge in [0, 0.05) is 18.3 Å². The minimum atomic E-state index is -2.32. The summed E-state index contributed by atoms with van der Waals surface area (Å²) in [5.41, 5.74) is 3.84. The molecular weight excluding hydrogens is 418 g/mol. The Morgan fingerprint density at radius 3 is 2.45 bits per heavy atom. The van der Waals surface area contributed by atoms with Crippen molar-refractivity contribution >= 4 is 24.3 Å². The van der Waals surface area contributed by atoms with Gasteiger partial charge in [-0.15, -0.1) is 0 Å². The van der Waals surface area contributed by atoms with Gasteiger partial charge in [0.25, 0.3) is 0 Å². The molecule has 2 nitrogen and oxygen atoms in total. The van der Waals surface area contributed by atoms with Crippen LogP contribution >= 0.6 is 0 Å². The molecule has 0 saturated carbocycles. The van der Waals surface area contributed by atoms with Crippen LogP contribution in [0.15, 0.2) is 91.1 Å². The zero-order chi connectivity index (χ0) is 22.9. The van der Waals surface area contributed by atoms with Gasteiger partial charge < -0.3 is 4.43 Å². The molecule has 0 fully saturated rings. The molecule has 33 heavy (non-hydrogen) atoms. The zero-order valence-electron chi connectivity index (χ0n) is 19.9. The van der Waals surface area contributed by atoms with E-state index in [0.717, 1.165) is 24.6 Å². The van der Waals surface area contributed by atoms with E-state index in [0.29, 0.717) is 0 Å². The van der Waals surface area contributed by atoms with Crippen molar-refractivity contribution < 1.29 is 4.43 Å². The quantitative estimate of drug-likeness (QED) is 0.301. The maximum absolute atomic E-state index is 7.57. The number of nitrogens with zero attached hydrogens (tertiary/aromatic N) is 1. The highest BCUT2D eigenvalue weighted by molar-refractivity contribution is 6.89. The van der Waals surface area contributed by atoms with Crippen molar-refractivity contribution in [3.63, 3.8) is 0 Å². The van der Waals surface area contributed by atoms with Gasteiger partial charge in [-0.2, -0.15) is 0 Å². The Morgan fingerprint density at radius 2 is 1.64 bits per heavy atom. The molecule has 1 aliphatic rings. The molecule has 2 heterocycles. The normalized spacial score (nSPS) is 19.2. The molecule has 3 heteroatoms. The molecule has 4 aromatic rings. The third kappa shape index (κ3) is 4.16. The molecule has 1 unspecified atom stereocenters. The predicted octanol–water partition coefficient (Wildman–Crippen LogP) is 7.13. The van der Waals surface area contributed by atoms with Gasteiger partial charge in [0.15, 0.2) is 0 Å². The van der Waals surface area contributed by atoms with Crippen molar-refractivity contribution in [2.24, 2.45) is 0 Å². The Balaban J connectivity index is 1.67. The molecule has 1 aliphatic heterocycles. The summed E-state index contributed by atoms with van der Waals surface area (Å²) in [4.78, 5) is 4.68. The summed E-state index contributed by atoms with van der Waals surface area (Å²) in [6.45, 7) is 7.17. The summed E-state index contributed by atoms with van der Waals surface area (Å²) >= 11 is 0. The third-order valence-corrected chi connectivity index (χ3v) is 12.8. The van der Waals surface area contributed by atoms with E-state index >= 15 is 0 Å². The maximum atomic E-state index is 7.57. The first kappa shape index (κ1) is 22.1. The molecule has 0 saturated heterocycles. The molecule has 0 aliphatic carbocycles. The molecule has 1 aromatic heterocycles. The van der Waals surface area contributed by atoms with E-state index < -0.39 is 8.32 Å². The van der Waals surface area contributed by atoms with Gasteiger partial charge in [-0.05, 0) is 63.1 Å². The molecule has 0 radical (unpaired) electrons. The average Bonchev–Trinajstić information content (AvgIpc) is 2.83. The minimum Gasteiger partial charge on any atom is -0.405 e. The second-order valence-corrected chi connectivity index (χ2v) is 14.7. The third-order valence-electron chi connectivity index (χ3n) is 7.27. The van der Waals surface area contributed by atoms with E-state index in [2.05, 4.69) is 105 Å². The van der Waals surface area contributed by atoms with Gasteiger partial charge in [0.2, 0.25) is 8.32 Å². The number of benzene rings is 3. The van der Waals surface area contributed by atoms with Gasteiger partial charge in [0.1, 0.15) is 0 Å². The monoisotopic (exact) mass is 451 g/mol. The Bertz CT molecular complexity index is 1240. The van der Waals surface area contributed by atoms with Crippen LogP contribution in [-0.2, 0) is 17.3 Å². The topological polar surface area (TPSA) is 22.1 Å². The van der Waals surface area contributed by atoms with E-state index in [-0.39, 0.29) is 11.1 Å². The summed E-state index contributed by atoms with van der Waals surface area (Å²) < 4.78 is 7.57. The van der Waals surface area contributed by atoms with Crippen molar-refractivity contribution in [3.05, 3.63) is 108 Å². The number of fused-ring (bicyclic) bond motifs is 2. The highest BCUT2D eigenvalue weighted by Gasteiger charge is 2.51. The summed E-state index contributed by atoms with van der Waals surface area (Å²) in [5.74, 6) is 0. The Hall–Kier alpha value is -2.75. The first-order valence-corrected chi connectivity index (χ1v) is 14.2. The molecule has 2 atom stereocenters. The molecule has 3 aromatic carbocycles. The van der Waals surface area contributed by atoms with Crippen molar-refractivity contribution in [2.45, 2.75) is 57.2 Å². The smallest absolute Gasteiger partial charge is 0.230 e. The van der Waals surface area contributed by atoms with Gasteiger partial charge in [0.05, 0.1) is 6.10 Å². The van der Waals surface area contributed by atoms with Crippen LogP contribution in [0.25, 0.3) is 10.8 Å². The highest BCUT2D eigenvalue weighted by atomic mass is 28.4. The molecule has 0 bridgehead atoms. The summed E-state index contributed by atoms with van der Waals surface area (Å²) in [7, 11) is -2.32. The van der Waals surface area contributed by atoms with E-state index in [1.54, 1.807) is 0 Å². The fraction of sp³-hybridized carbons (Fsp3) is 0.300. The number of aromatic nitrogens is 1. The fourth-order valence-corrected chi connectivity index (χ4v) is 10.5. The van der Waals surface area contributed by atoms with Crippen molar-refractivity contribution in [1.82, 2.24) is 4.98 Å². The number of aryl methyl sites for hydroxylation is 1. The second kappa shape index (κ2) is 8.89. The summed E-state index contributed by atoms with van der Waals surface area (Å²) in [6.07, 6.45) is 4.99. The number of hydrogen-bond donors (Lipinski definition) is 0. The lowest BCUT2D eigenvalue weighted by atomic mass is 9.98. The highest BCUT2D eigenvalue weighted by Crippen LogP contribution is 2.46. The lowest BCUT2D eigenvalue weighted by Gasteiger charge is -2.48. The van der Waals surface area contributed by atoms with Gasteiger partial charge >= 0.3 is 0 Å². The first-order valence-electron chi connectivity index (χ1n) is 12.1. The van der Waals surface area contributed by atoms with Gasteiger partial charge in [-0.25, -0.2) is 0 Å².